The number of rotatable bonds is 3. The highest BCUT2D eigenvalue weighted by molar-refractivity contribution is 5.75. The minimum Gasteiger partial charge on any atom is -0.506 e. The number of anilines is 1. The number of para-hydroxylation sites is 2. The number of nitrogens with one attached hydrogen (secondary N) is 2. The van der Waals surface area contributed by atoms with Crippen LogP contribution in [0, 0.1) is 0 Å². The van der Waals surface area contributed by atoms with Gasteiger partial charge >= 0.3 is 0 Å². The molecule has 0 amide bonds. The third-order valence-corrected chi connectivity index (χ3v) is 5.10. The van der Waals surface area contributed by atoms with Crippen LogP contribution in [0.25, 0.3) is 16.8 Å². The van der Waals surface area contributed by atoms with Crippen molar-refractivity contribution in [1.82, 2.24) is 15.1 Å². The number of hydrogen-bond acceptors (Lipinski definition) is 5. The van der Waals surface area contributed by atoms with Crippen molar-refractivity contribution in [1.29, 1.82) is 0 Å². The maximum atomic E-state index is 10.2. The monoisotopic (exact) mass is 375 g/mol. The zero-order valence-electron chi connectivity index (χ0n) is 16.1. The van der Waals surface area contributed by atoms with Gasteiger partial charge in [0.25, 0.3) is 0 Å². The number of nitrogens with two attached hydrogens (primary N) is 1. The van der Waals surface area contributed by atoms with Crippen molar-refractivity contribution in [2.75, 3.05) is 11.9 Å². The highest BCUT2D eigenvalue weighted by atomic mass is 16.3. The summed E-state index contributed by atoms with van der Waals surface area (Å²) in [6.45, 7) is 2.70. The van der Waals surface area contributed by atoms with Crippen molar-refractivity contribution in [2.24, 2.45) is 12.8 Å². The summed E-state index contributed by atoms with van der Waals surface area (Å²) in [5.74, 6) is 0.246. The lowest BCUT2D eigenvalue weighted by Gasteiger charge is -2.22. The van der Waals surface area contributed by atoms with E-state index >= 15 is 0 Å². The normalized spacial score (nSPS) is 18.0. The number of phenolic OH excluding ortho intramolecular Hbond substituents is 1. The molecule has 1 aliphatic heterocycles. The predicted octanol–water partition coefficient (Wildman–Crippen LogP) is 3.59. The Hall–Kier alpha value is -3.41. The molecule has 1 atom stereocenters. The third-order valence-electron chi connectivity index (χ3n) is 5.10. The molecular formula is C22H25N5O. The highest BCUT2D eigenvalue weighted by Gasteiger charge is 2.23. The van der Waals surface area contributed by atoms with Crippen LogP contribution in [-0.4, -0.2) is 21.4 Å². The minimum atomic E-state index is 0.0317. The second kappa shape index (κ2) is 7.31. The molecule has 2 heterocycles. The van der Waals surface area contributed by atoms with Crippen LogP contribution in [0.15, 0.2) is 60.6 Å². The largest absolute Gasteiger partial charge is 0.506 e. The summed E-state index contributed by atoms with van der Waals surface area (Å²) in [5, 5.41) is 21.5. The van der Waals surface area contributed by atoms with E-state index in [9.17, 15) is 5.11 Å². The average Bonchev–Trinajstić information content (AvgIpc) is 3.03. The van der Waals surface area contributed by atoms with Gasteiger partial charge in [0, 0.05) is 36.6 Å². The molecule has 0 radical (unpaired) electrons. The molecule has 1 aliphatic rings. The van der Waals surface area contributed by atoms with Crippen molar-refractivity contribution >= 4 is 11.4 Å². The van der Waals surface area contributed by atoms with Gasteiger partial charge < -0.3 is 21.5 Å². The number of allylic oxidation sites excluding steroid dienone is 1. The second-order valence-electron chi connectivity index (χ2n) is 7.19. The molecule has 0 saturated carbocycles. The summed E-state index contributed by atoms with van der Waals surface area (Å²) in [6.07, 6.45) is 4.73. The van der Waals surface area contributed by atoms with Gasteiger partial charge in [0.05, 0.1) is 23.6 Å². The van der Waals surface area contributed by atoms with Crippen molar-refractivity contribution in [3.8, 4) is 16.9 Å². The van der Waals surface area contributed by atoms with E-state index in [1.807, 2.05) is 44.6 Å². The number of aromatic hydroxyl groups is 1. The summed E-state index contributed by atoms with van der Waals surface area (Å²) in [5.41, 5.74) is 13.0. The number of fused-ring (bicyclic) bond motifs is 1. The molecule has 5 N–H and O–H groups in total. The van der Waals surface area contributed by atoms with Gasteiger partial charge in [-0.2, -0.15) is 5.10 Å². The van der Waals surface area contributed by atoms with E-state index in [1.165, 1.54) is 0 Å². The molecule has 0 spiro atoms. The van der Waals surface area contributed by atoms with Crippen LogP contribution in [0.4, 0.5) is 5.69 Å². The first kappa shape index (κ1) is 18.0. The van der Waals surface area contributed by atoms with E-state index in [2.05, 4.69) is 33.9 Å². The second-order valence-corrected chi connectivity index (χ2v) is 7.19. The first-order valence-corrected chi connectivity index (χ1v) is 9.41. The van der Waals surface area contributed by atoms with Gasteiger partial charge in [-0.3, -0.25) is 4.68 Å². The highest BCUT2D eigenvalue weighted by Crippen LogP contribution is 2.36. The molecule has 0 saturated heterocycles. The maximum absolute atomic E-state index is 10.2. The van der Waals surface area contributed by atoms with Crippen molar-refractivity contribution in [2.45, 2.75) is 19.4 Å². The standard InChI is InChI=1S/C22H25N5O/c1-14(23)22-17-8-7-15(16-12-25-27(2)13-16)11-18(17)19(9-10-24-22)26-20-5-3-4-6-21(20)28/h3-8,11-13,19,24,26,28H,9-10,23H2,1-2H3/b22-14-. The van der Waals surface area contributed by atoms with Crippen LogP contribution in [0.5, 0.6) is 5.75 Å². The maximum Gasteiger partial charge on any atom is 0.138 e. The molecule has 144 valence electrons. The lowest BCUT2D eigenvalue weighted by molar-refractivity contribution is 0.476. The Bertz CT molecular complexity index is 1030. The van der Waals surface area contributed by atoms with Crippen LogP contribution in [0.3, 0.4) is 0 Å². The summed E-state index contributed by atoms with van der Waals surface area (Å²) in [4.78, 5) is 0. The SMILES string of the molecule is C/C(N)=C1/NCCC(Nc2ccccc2O)c2cc(-c3cnn(C)c3)ccc21. The van der Waals surface area contributed by atoms with Crippen LogP contribution < -0.4 is 16.4 Å². The summed E-state index contributed by atoms with van der Waals surface area (Å²) in [6, 6.07) is 13.8. The molecule has 6 nitrogen and oxygen atoms in total. The Kier molecular flexibility index (Phi) is 4.69. The zero-order valence-corrected chi connectivity index (χ0v) is 16.1. The molecule has 0 aliphatic carbocycles. The summed E-state index contributed by atoms with van der Waals surface area (Å²) in [7, 11) is 1.91. The predicted molar refractivity (Wildman–Crippen MR) is 113 cm³/mol. The van der Waals surface area contributed by atoms with Gasteiger partial charge in [-0.15, -0.1) is 0 Å². The van der Waals surface area contributed by atoms with E-state index in [0.717, 1.165) is 52.3 Å². The van der Waals surface area contributed by atoms with Crippen LogP contribution in [-0.2, 0) is 7.05 Å². The Balaban J connectivity index is 1.82. The van der Waals surface area contributed by atoms with E-state index in [0.29, 0.717) is 0 Å². The van der Waals surface area contributed by atoms with Crippen LogP contribution >= 0.6 is 0 Å². The number of aromatic nitrogens is 2. The number of benzene rings is 2. The van der Waals surface area contributed by atoms with Gasteiger partial charge in [0.1, 0.15) is 5.75 Å². The first-order valence-electron chi connectivity index (χ1n) is 9.41. The smallest absolute Gasteiger partial charge is 0.138 e. The van der Waals surface area contributed by atoms with Crippen molar-refractivity contribution < 1.29 is 5.11 Å². The lowest BCUT2D eigenvalue weighted by atomic mass is 9.93. The molecule has 6 heteroatoms. The summed E-state index contributed by atoms with van der Waals surface area (Å²) < 4.78 is 1.80. The van der Waals surface area contributed by atoms with Crippen molar-refractivity contribution in [3.63, 3.8) is 0 Å². The number of nitrogens with zero attached hydrogens (tertiary/aromatic N) is 2. The fourth-order valence-corrected chi connectivity index (χ4v) is 3.71. The molecule has 0 fully saturated rings. The third kappa shape index (κ3) is 3.41. The molecule has 28 heavy (non-hydrogen) atoms. The Morgan fingerprint density at radius 2 is 2.07 bits per heavy atom. The van der Waals surface area contributed by atoms with Crippen LogP contribution in [0.1, 0.15) is 30.5 Å². The number of phenols is 1. The van der Waals surface area contributed by atoms with E-state index in [4.69, 9.17) is 5.73 Å². The fourth-order valence-electron chi connectivity index (χ4n) is 3.71. The van der Waals surface area contributed by atoms with Crippen LogP contribution in [0.2, 0.25) is 0 Å². The van der Waals surface area contributed by atoms with Gasteiger partial charge in [-0.25, -0.2) is 0 Å². The zero-order chi connectivity index (χ0) is 19.7. The van der Waals surface area contributed by atoms with Crippen molar-refractivity contribution in [3.05, 3.63) is 71.7 Å². The Labute approximate surface area is 164 Å². The molecule has 0 bridgehead atoms. The summed E-state index contributed by atoms with van der Waals surface area (Å²) >= 11 is 0. The molecule has 2 aromatic carbocycles. The van der Waals surface area contributed by atoms with Gasteiger partial charge in [-0.05, 0) is 42.7 Å². The quantitative estimate of drug-likeness (QED) is 0.526. The van der Waals surface area contributed by atoms with Gasteiger partial charge in [0.15, 0.2) is 0 Å². The van der Waals surface area contributed by atoms with E-state index in [-0.39, 0.29) is 11.8 Å². The van der Waals surface area contributed by atoms with E-state index < -0.39 is 0 Å². The average molecular weight is 375 g/mol. The molecule has 3 aromatic rings. The number of aryl methyl sites for hydroxylation is 1. The van der Waals surface area contributed by atoms with Gasteiger partial charge in [0.2, 0.25) is 0 Å². The molecular weight excluding hydrogens is 350 g/mol. The molecule has 4 rings (SSSR count). The van der Waals surface area contributed by atoms with E-state index in [1.54, 1.807) is 10.7 Å². The topological polar surface area (TPSA) is 88.1 Å². The Morgan fingerprint density at radius 1 is 1.25 bits per heavy atom. The first-order chi connectivity index (χ1) is 13.5. The minimum absolute atomic E-state index is 0.0317. The molecule has 1 aromatic heterocycles. The van der Waals surface area contributed by atoms with Gasteiger partial charge in [-0.1, -0.05) is 24.3 Å². The molecule has 1 unspecified atom stereocenters. The Morgan fingerprint density at radius 3 is 2.79 bits per heavy atom. The fraction of sp³-hybridized carbons (Fsp3) is 0.227. The number of hydrogen-bond donors (Lipinski definition) is 4. The lowest BCUT2D eigenvalue weighted by Crippen LogP contribution is -2.16.